The number of nitrogens with zero attached hydrogens (tertiary/aromatic N) is 1. The number of aromatic nitrogens is 1. The van der Waals surface area contributed by atoms with Gasteiger partial charge in [0.1, 0.15) is 4.90 Å². The summed E-state index contributed by atoms with van der Waals surface area (Å²) in [6, 6.07) is 6.13. The molecular weight excluding hydrogens is 262 g/mol. The maximum Gasteiger partial charge on any atom is 0.243 e. The number of hydrogen-bond acceptors (Lipinski definition) is 4. The Morgan fingerprint density at radius 3 is 2.84 bits per heavy atom. The Hall–Kier alpha value is -1.92. The molecule has 2 rings (SSSR count). The van der Waals surface area contributed by atoms with E-state index < -0.39 is 10.0 Å². The van der Waals surface area contributed by atoms with Crippen LogP contribution in [0.1, 0.15) is 6.92 Å². The van der Waals surface area contributed by atoms with Crippen molar-refractivity contribution in [1.82, 2.24) is 9.71 Å². The minimum Gasteiger partial charge on any atom is -0.398 e. The number of nitrogens with one attached hydrogen (secondary N) is 1. The summed E-state index contributed by atoms with van der Waals surface area (Å²) < 4.78 is 27.1. The van der Waals surface area contributed by atoms with E-state index in [0.717, 1.165) is 0 Å². The van der Waals surface area contributed by atoms with Crippen LogP contribution in [0.3, 0.4) is 0 Å². The number of fused-ring (bicyclic) bond motifs is 1. The molecule has 0 aliphatic carbocycles. The Morgan fingerprint density at radius 1 is 1.42 bits per heavy atom. The van der Waals surface area contributed by atoms with Gasteiger partial charge < -0.3 is 5.73 Å². The Kier molecular flexibility index (Phi) is 3.55. The number of nitrogen functional groups attached to an aromatic ring is 1. The largest absolute Gasteiger partial charge is 0.398 e. The predicted octanol–water partition coefficient (Wildman–Crippen LogP) is 1.67. The highest BCUT2D eigenvalue weighted by molar-refractivity contribution is 7.89. The third-order valence-electron chi connectivity index (χ3n) is 2.75. The van der Waals surface area contributed by atoms with E-state index in [1.54, 1.807) is 25.1 Å². The van der Waals surface area contributed by atoms with E-state index in [1.807, 2.05) is 0 Å². The smallest absolute Gasteiger partial charge is 0.243 e. The van der Waals surface area contributed by atoms with Crippen LogP contribution in [-0.2, 0) is 10.0 Å². The lowest BCUT2D eigenvalue weighted by Gasteiger charge is -2.12. The lowest BCUT2D eigenvalue weighted by atomic mass is 10.2. The van der Waals surface area contributed by atoms with Crippen molar-refractivity contribution in [2.45, 2.75) is 17.9 Å². The summed E-state index contributed by atoms with van der Waals surface area (Å²) in [4.78, 5) is 4.23. The first kappa shape index (κ1) is 13.5. The summed E-state index contributed by atoms with van der Waals surface area (Å²) in [5.74, 6) is 0. The van der Waals surface area contributed by atoms with Crippen LogP contribution in [0.25, 0.3) is 10.9 Å². The van der Waals surface area contributed by atoms with Crippen LogP contribution in [0.15, 0.2) is 48.0 Å². The molecule has 1 unspecified atom stereocenters. The molecule has 0 aliphatic heterocycles. The molecule has 0 spiro atoms. The van der Waals surface area contributed by atoms with Crippen molar-refractivity contribution in [3.8, 4) is 0 Å². The lowest BCUT2D eigenvalue weighted by molar-refractivity contribution is 0.577. The van der Waals surface area contributed by atoms with E-state index >= 15 is 0 Å². The zero-order chi connectivity index (χ0) is 14.0. The number of hydrogen-bond donors (Lipinski definition) is 2. The normalized spacial score (nSPS) is 13.3. The van der Waals surface area contributed by atoms with Gasteiger partial charge in [0.2, 0.25) is 10.0 Å². The molecule has 0 fully saturated rings. The Bertz CT molecular complexity index is 726. The number of pyridine rings is 1. The van der Waals surface area contributed by atoms with Gasteiger partial charge in [0, 0.05) is 23.3 Å². The average Bonchev–Trinajstić information content (AvgIpc) is 2.38. The van der Waals surface area contributed by atoms with Gasteiger partial charge in [-0.05, 0) is 31.2 Å². The van der Waals surface area contributed by atoms with Crippen molar-refractivity contribution in [1.29, 1.82) is 0 Å². The molecule has 1 heterocycles. The van der Waals surface area contributed by atoms with Crippen molar-refractivity contribution in [2.24, 2.45) is 0 Å². The highest BCUT2D eigenvalue weighted by Gasteiger charge is 2.20. The Balaban J connectivity index is 2.63. The second-order valence-corrected chi connectivity index (χ2v) is 5.88. The summed E-state index contributed by atoms with van der Waals surface area (Å²) >= 11 is 0. The van der Waals surface area contributed by atoms with Crippen LogP contribution in [0, 0.1) is 0 Å². The molecule has 0 bridgehead atoms. The Labute approximate surface area is 112 Å². The van der Waals surface area contributed by atoms with E-state index in [-0.39, 0.29) is 10.9 Å². The van der Waals surface area contributed by atoms with Crippen molar-refractivity contribution >= 4 is 26.6 Å². The number of sulfonamides is 1. The summed E-state index contributed by atoms with van der Waals surface area (Å²) in [7, 11) is -3.65. The Morgan fingerprint density at radius 2 is 2.16 bits per heavy atom. The lowest BCUT2D eigenvalue weighted by Crippen LogP contribution is -2.31. The first-order valence-corrected chi connectivity index (χ1v) is 7.22. The standard InChI is InChI=1S/C13H15N3O2S/c1-3-9(2)16-19(17,18)12-7-6-11(14)10-5-4-8-15-13(10)12/h3-9,16H,1,14H2,2H3. The zero-order valence-electron chi connectivity index (χ0n) is 10.5. The van der Waals surface area contributed by atoms with Gasteiger partial charge in [-0.2, -0.15) is 0 Å². The van der Waals surface area contributed by atoms with Gasteiger partial charge >= 0.3 is 0 Å². The highest BCUT2D eigenvalue weighted by Crippen LogP contribution is 2.25. The summed E-state index contributed by atoms with van der Waals surface area (Å²) in [6.07, 6.45) is 3.06. The molecule has 0 saturated carbocycles. The topological polar surface area (TPSA) is 85.1 Å². The van der Waals surface area contributed by atoms with Gasteiger partial charge in [-0.3, -0.25) is 4.98 Å². The second-order valence-electron chi connectivity index (χ2n) is 4.20. The van der Waals surface area contributed by atoms with Crippen LogP contribution >= 0.6 is 0 Å². The van der Waals surface area contributed by atoms with Gasteiger partial charge in [-0.25, -0.2) is 13.1 Å². The fraction of sp³-hybridized carbons (Fsp3) is 0.154. The van der Waals surface area contributed by atoms with Crippen LogP contribution in [0.2, 0.25) is 0 Å². The molecule has 0 aliphatic rings. The van der Waals surface area contributed by atoms with Crippen LogP contribution in [0.4, 0.5) is 5.69 Å². The van der Waals surface area contributed by atoms with Gasteiger partial charge in [-0.15, -0.1) is 6.58 Å². The molecule has 100 valence electrons. The zero-order valence-corrected chi connectivity index (χ0v) is 11.3. The van der Waals surface area contributed by atoms with Gasteiger partial charge in [0.05, 0.1) is 5.52 Å². The SMILES string of the molecule is C=CC(C)NS(=O)(=O)c1ccc(N)c2cccnc12. The number of nitrogens with two attached hydrogens (primary N) is 1. The van der Waals surface area contributed by atoms with E-state index in [1.165, 1.54) is 18.3 Å². The maximum absolute atomic E-state index is 12.3. The fourth-order valence-electron chi connectivity index (χ4n) is 1.74. The fourth-order valence-corrected chi connectivity index (χ4v) is 3.12. The van der Waals surface area contributed by atoms with Crippen molar-refractivity contribution < 1.29 is 8.42 Å². The van der Waals surface area contributed by atoms with Crippen LogP contribution in [-0.4, -0.2) is 19.4 Å². The third-order valence-corrected chi connectivity index (χ3v) is 4.34. The molecule has 2 aromatic rings. The number of anilines is 1. The first-order chi connectivity index (χ1) is 8.95. The van der Waals surface area contributed by atoms with Crippen molar-refractivity contribution in [3.05, 3.63) is 43.1 Å². The molecule has 0 saturated heterocycles. The van der Waals surface area contributed by atoms with Crippen molar-refractivity contribution in [3.63, 3.8) is 0 Å². The van der Waals surface area contributed by atoms with E-state index in [0.29, 0.717) is 16.6 Å². The molecule has 3 N–H and O–H groups in total. The predicted molar refractivity (Wildman–Crippen MR) is 76.1 cm³/mol. The molecule has 19 heavy (non-hydrogen) atoms. The van der Waals surface area contributed by atoms with E-state index in [4.69, 9.17) is 5.73 Å². The van der Waals surface area contributed by atoms with E-state index in [2.05, 4.69) is 16.3 Å². The molecule has 1 atom stereocenters. The number of benzene rings is 1. The molecule has 1 aromatic heterocycles. The minimum absolute atomic E-state index is 0.117. The average molecular weight is 277 g/mol. The minimum atomic E-state index is -3.65. The van der Waals surface area contributed by atoms with Crippen molar-refractivity contribution in [2.75, 3.05) is 5.73 Å². The highest BCUT2D eigenvalue weighted by atomic mass is 32.2. The summed E-state index contributed by atoms with van der Waals surface area (Å²) in [5, 5.41) is 0.622. The molecule has 5 nitrogen and oxygen atoms in total. The molecule has 0 radical (unpaired) electrons. The van der Waals surface area contributed by atoms with Gasteiger partial charge in [0.25, 0.3) is 0 Å². The monoisotopic (exact) mass is 277 g/mol. The van der Waals surface area contributed by atoms with Gasteiger partial charge in [-0.1, -0.05) is 6.08 Å². The summed E-state index contributed by atoms with van der Waals surface area (Å²) in [6.45, 7) is 5.26. The first-order valence-electron chi connectivity index (χ1n) is 5.74. The van der Waals surface area contributed by atoms with Gasteiger partial charge in [0.15, 0.2) is 0 Å². The third kappa shape index (κ3) is 2.59. The van der Waals surface area contributed by atoms with E-state index in [9.17, 15) is 8.42 Å². The molecular formula is C13H15N3O2S. The maximum atomic E-state index is 12.3. The molecule has 6 heteroatoms. The quantitative estimate of drug-likeness (QED) is 0.657. The molecule has 0 amide bonds. The molecule has 1 aromatic carbocycles. The summed E-state index contributed by atoms with van der Waals surface area (Å²) in [5.41, 5.74) is 6.69. The number of rotatable bonds is 4. The van der Waals surface area contributed by atoms with Crippen LogP contribution < -0.4 is 10.5 Å². The second kappa shape index (κ2) is 4.99. The van der Waals surface area contributed by atoms with Crippen LogP contribution in [0.5, 0.6) is 0 Å².